The van der Waals surface area contributed by atoms with Crippen molar-refractivity contribution in [3.8, 4) is 0 Å². The predicted molar refractivity (Wildman–Crippen MR) is 42.7 cm³/mol. The zero-order valence-corrected chi connectivity index (χ0v) is 6.66. The molecule has 11 heavy (non-hydrogen) atoms. The molecule has 0 heterocycles. The second kappa shape index (κ2) is 3.69. The van der Waals surface area contributed by atoms with E-state index in [9.17, 15) is 10.1 Å². The Morgan fingerprint density at radius 2 is 2.00 bits per heavy atom. The highest BCUT2D eigenvalue weighted by atomic mass is 16.6. The van der Waals surface area contributed by atoms with Gasteiger partial charge in [-0.25, -0.2) is 0 Å². The van der Waals surface area contributed by atoms with Gasteiger partial charge in [0.15, 0.2) is 0 Å². The van der Waals surface area contributed by atoms with Crippen LogP contribution in [0.15, 0.2) is 0 Å². The highest BCUT2D eigenvalue weighted by molar-refractivity contribution is 4.70. The standard InChI is InChI=1S/C8H14NO2/c1-7-3-2-4-8(6-5-7)9(10)11/h7-8H,1-6H2. The average molecular weight is 156 g/mol. The molecule has 63 valence electrons. The molecule has 0 bridgehead atoms. The third-order valence-corrected chi connectivity index (χ3v) is 2.36. The maximum Gasteiger partial charge on any atom is 0.213 e. The minimum absolute atomic E-state index is 0.141. The summed E-state index contributed by atoms with van der Waals surface area (Å²) < 4.78 is 0. The lowest BCUT2D eigenvalue weighted by molar-refractivity contribution is -0.524. The van der Waals surface area contributed by atoms with Crippen molar-refractivity contribution < 1.29 is 4.92 Å². The van der Waals surface area contributed by atoms with E-state index in [1.54, 1.807) is 0 Å². The Kier molecular flexibility index (Phi) is 2.85. The van der Waals surface area contributed by atoms with Gasteiger partial charge in [-0.1, -0.05) is 13.3 Å². The molecule has 3 heteroatoms. The van der Waals surface area contributed by atoms with E-state index < -0.39 is 0 Å². The molecule has 1 saturated carbocycles. The lowest BCUT2D eigenvalue weighted by atomic mass is 10.0. The van der Waals surface area contributed by atoms with Crippen LogP contribution in [0.5, 0.6) is 0 Å². The monoisotopic (exact) mass is 156 g/mol. The maximum absolute atomic E-state index is 10.4. The summed E-state index contributed by atoms with van der Waals surface area (Å²) in [7, 11) is 0. The fourth-order valence-corrected chi connectivity index (χ4v) is 1.57. The molecule has 1 aliphatic carbocycles. The van der Waals surface area contributed by atoms with Gasteiger partial charge in [0.1, 0.15) is 0 Å². The molecular formula is C8H14NO2. The highest BCUT2D eigenvalue weighted by Crippen LogP contribution is 2.23. The Labute approximate surface area is 66.9 Å². The maximum atomic E-state index is 10.4. The van der Waals surface area contributed by atoms with E-state index in [2.05, 4.69) is 6.92 Å². The van der Waals surface area contributed by atoms with E-state index in [0.29, 0.717) is 5.92 Å². The van der Waals surface area contributed by atoms with Gasteiger partial charge in [0.05, 0.1) is 0 Å². The van der Waals surface area contributed by atoms with Crippen molar-refractivity contribution in [1.29, 1.82) is 0 Å². The molecule has 0 aromatic heterocycles. The van der Waals surface area contributed by atoms with Gasteiger partial charge in [-0.2, -0.15) is 0 Å². The van der Waals surface area contributed by atoms with Crippen LogP contribution in [0.1, 0.15) is 32.1 Å². The number of nitrogens with zero attached hydrogens (tertiary/aromatic N) is 1. The summed E-state index contributed by atoms with van der Waals surface area (Å²) in [6.45, 7) is 3.93. The molecule has 0 aromatic rings. The van der Waals surface area contributed by atoms with Crippen molar-refractivity contribution in [2.75, 3.05) is 0 Å². The molecule has 1 fully saturated rings. The molecule has 0 aromatic carbocycles. The summed E-state index contributed by atoms with van der Waals surface area (Å²) in [5.41, 5.74) is 0. The minimum atomic E-state index is -0.290. The van der Waals surface area contributed by atoms with Crippen LogP contribution in [-0.4, -0.2) is 11.0 Å². The quantitative estimate of drug-likeness (QED) is 0.331. The molecular weight excluding hydrogens is 142 g/mol. The van der Waals surface area contributed by atoms with Crippen LogP contribution in [0.4, 0.5) is 0 Å². The fraction of sp³-hybridized carbons (Fsp3) is 0.875. The van der Waals surface area contributed by atoms with E-state index in [1.807, 2.05) is 0 Å². The van der Waals surface area contributed by atoms with Gasteiger partial charge < -0.3 is 0 Å². The van der Waals surface area contributed by atoms with Crippen LogP contribution in [0.3, 0.4) is 0 Å². The van der Waals surface area contributed by atoms with Crippen LogP contribution in [0.2, 0.25) is 0 Å². The molecule has 0 amide bonds. The Hall–Kier alpha value is -0.600. The van der Waals surface area contributed by atoms with Crippen molar-refractivity contribution in [2.24, 2.45) is 5.92 Å². The summed E-state index contributed by atoms with van der Waals surface area (Å²) in [5, 5.41) is 10.4. The van der Waals surface area contributed by atoms with Crippen LogP contribution < -0.4 is 0 Å². The van der Waals surface area contributed by atoms with Crippen LogP contribution in [0.25, 0.3) is 0 Å². The van der Waals surface area contributed by atoms with Crippen LogP contribution in [0, 0.1) is 23.0 Å². The van der Waals surface area contributed by atoms with Gasteiger partial charge in [0.2, 0.25) is 6.04 Å². The normalized spacial score (nSPS) is 32.8. The Morgan fingerprint density at radius 3 is 2.64 bits per heavy atom. The van der Waals surface area contributed by atoms with E-state index in [1.165, 1.54) is 0 Å². The topological polar surface area (TPSA) is 43.1 Å². The van der Waals surface area contributed by atoms with Crippen LogP contribution >= 0.6 is 0 Å². The van der Waals surface area contributed by atoms with Gasteiger partial charge in [-0.15, -0.1) is 0 Å². The molecule has 2 atom stereocenters. The molecule has 2 unspecified atom stereocenters. The van der Waals surface area contributed by atoms with E-state index >= 15 is 0 Å². The first kappa shape index (κ1) is 8.50. The molecule has 0 aliphatic heterocycles. The van der Waals surface area contributed by atoms with Gasteiger partial charge in [0.25, 0.3) is 0 Å². The van der Waals surface area contributed by atoms with Crippen LogP contribution in [-0.2, 0) is 0 Å². The summed E-state index contributed by atoms with van der Waals surface area (Å²) in [5.74, 6) is 0.444. The van der Waals surface area contributed by atoms with Gasteiger partial charge >= 0.3 is 0 Å². The largest absolute Gasteiger partial charge is 0.264 e. The summed E-state index contributed by atoms with van der Waals surface area (Å²) in [4.78, 5) is 10.3. The molecule has 3 nitrogen and oxygen atoms in total. The van der Waals surface area contributed by atoms with Crippen molar-refractivity contribution in [3.63, 3.8) is 0 Å². The number of hydrogen-bond donors (Lipinski definition) is 0. The lowest BCUT2D eigenvalue weighted by Gasteiger charge is -2.04. The zero-order valence-electron chi connectivity index (χ0n) is 6.66. The fourth-order valence-electron chi connectivity index (χ4n) is 1.57. The Morgan fingerprint density at radius 1 is 1.27 bits per heavy atom. The zero-order chi connectivity index (χ0) is 8.27. The SMILES string of the molecule is [CH2]C1CCCC([N+](=O)[O-])CC1. The summed E-state index contributed by atoms with van der Waals surface area (Å²) >= 11 is 0. The molecule has 0 N–H and O–H groups in total. The number of nitro groups is 1. The van der Waals surface area contributed by atoms with Crippen molar-refractivity contribution in [2.45, 2.75) is 38.1 Å². The third kappa shape index (κ3) is 2.48. The average Bonchev–Trinajstić information content (AvgIpc) is 2.13. The second-order valence-electron chi connectivity index (χ2n) is 3.31. The Balaban J connectivity index is 2.40. The molecule has 1 aliphatic rings. The molecule has 0 saturated heterocycles. The smallest absolute Gasteiger partial charge is 0.213 e. The minimum Gasteiger partial charge on any atom is -0.264 e. The van der Waals surface area contributed by atoms with E-state index in [4.69, 9.17) is 0 Å². The predicted octanol–water partition coefficient (Wildman–Crippen LogP) is 2.05. The van der Waals surface area contributed by atoms with Gasteiger partial charge in [0, 0.05) is 17.8 Å². The second-order valence-corrected chi connectivity index (χ2v) is 3.31. The summed E-state index contributed by atoms with van der Waals surface area (Å²) in [6.07, 6.45) is 4.43. The van der Waals surface area contributed by atoms with Crippen molar-refractivity contribution in [1.82, 2.24) is 0 Å². The van der Waals surface area contributed by atoms with Crippen molar-refractivity contribution >= 4 is 0 Å². The van der Waals surface area contributed by atoms with E-state index in [0.717, 1.165) is 32.1 Å². The number of hydrogen-bond acceptors (Lipinski definition) is 2. The van der Waals surface area contributed by atoms with Crippen molar-refractivity contribution in [3.05, 3.63) is 17.0 Å². The molecule has 1 radical (unpaired) electrons. The first-order valence-electron chi connectivity index (χ1n) is 4.16. The molecule has 0 spiro atoms. The third-order valence-electron chi connectivity index (χ3n) is 2.36. The van der Waals surface area contributed by atoms with Gasteiger partial charge in [-0.05, 0) is 18.8 Å². The van der Waals surface area contributed by atoms with E-state index in [-0.39, 0.29) is 11.0 Å². The first-order valence-corrected chi connectivity index (χ1v) is 4.16. The lowest BCUT2D eigenvalue weighted by Crippen LogP contribution is -2.17. The summed E-state index contributed by atoms with van der Waals surface area (Å²) in [6, 6.07) is -0.290. The highest BCUT2D eigenvalue weighted by Gasteiger charge is 2.23. The first-order chi connectivity index (χ1) is 5.20. The molecule has 1 rings (SSSR count). The van der Waals surface area contributed by atoms with Gasteiger partial charge in [-0.3, -0.25) is 10.1 Å². The Bertz CT molecular complexity index is 147. The number of rotatable bonds is 1.